The molecule has 0 amide bonds. The van der Waals surface area contributed by atoms with Crippen LogP contribution in [0.4, 0.5) is 6.01 Å². The van der Waals surface area contributed by atoms with Gasteiger partial charge in [0.1, 0.15) is 0 Å². The van der Waals surface area contributed by atoms with Gasteiger partial charge in [-0.25, -0.2) is 4.68 Å². The quantitative estimate of drug-likeness (QED) is 0.829. The minimum Gasteiger partial charge on any atom is -0.336 e. The van der Waals surface area contributed by atoms with Crippen LogP contribution in [0.25, 0.3) is 0 Å². The summed E-state index contributed by atoms with van der Waals surface area (Å²) in [7, 11) is 0. The van der Waals surface area contributed by atoms with Crippen LogP contribution < -0.4 is 10.9 Å². The van der Waals surface area contributed by atoms with E-state index in [0.29, 0.717) is 24.4 Å². The molecule has 0 spiro atoms. The molecule has 0 aromatic carbocycles. The SMILES string of the molecule is Cc1noc(NCC2CCCCN2CCn2nc(C(C)(C)C)ccc2=O)n1. The molecule has 2 aromatic rings. The molecule has 1 saturated heterocycles. The Morgan fingerprint density at radius 2 is 2.07 bits per heavy atom. The van der Waals surface area contributed by atoms with Crippen molar-refractivity contribution in [2.45, 2.75) is 65.0 Å². The van der Waals surface area contributed by atoms with E-state index in [1.807, 2.05) is 6.07 Å². The Labute approximate surface area is 160 Å². The van der Waals surface area contributed by atoms with Gasteiger partial charge in [-0.2, -0.15) is 10.1 Å². The van der Waals surface area contributed by atoms with Crippen LogP contribution in [0.2, 0.25) is 0 Å². The van der Waals surface area contributed by atoms with Gasteiger partial charge in [-0.3, -0.25) is 9.69 Å². The Morgan fingerprint density at radius 3 is 2.78 bits per heavy atom. The summed E-state index contributed by atoms with van der Waals surface area (Å²) in [4.78, 5) is 18.8. The summed E-state index contributed by atoms with van der Waals surface area (Å²) in [5.74, 6) is 0.627. The Hall–Kier alpha value is -2.22. The molecule has 1 atom stereocenters. The van der Waals surface area contributed by atoms with E-state index in [1.165, 1.54) is 12.8 Å². The highest BCUT2D eigenvalue weighted by Crippen LogP contribution is 2.19. The number of likely N-dealkylation sites (tertiary alicyclic amines) is 1. The molecule has 3 rings (SSSR count). The monoisotopic (exact) mass is 374 g/mol. The lowest BCUT2D eigenvalue weighted by atomic mass is 9.92. The van der Waals surface area contributed by atoms with Crippen molar-refractivity contribution >= 4 is 6.01 Å². The van der Waals surface area contributed by atoms with Crippen LogP contribution in [0.3, 0.4) is 0 Å². The van der Waals surface area contributed by atoms with E-state index in [-0.39, 0.29) is 11.0 Å². The minimum absolute atomic E-state index is 0.0454. The van der Waals surface area contributed by atoms with E-state index in [9.17, 15) is 4.79 Å². The summed E-state index contributed by atoms with van der Waals surface area (Å²) in [6, 6.07) is 4.31. The van der Waals surface area contributed by atoms with Crippen molar-refractivity contribution in [3.8, 4) is 0 Å². The van der Waals surface area contributed by atoms with Gasteiger partial charge < -0.3 is 9.84 Å². The lowest BCUT2D eigenvalue weighted by Gasteiger charge is -2.35. The van der Waals surface area contributed by atoms with E-state index in [2.05, 4.69) is 46.2 Å². The molecular formula is C19H30N6O2. The minimum atomic E-state index is -0.0742. The van der Waals surface area contributed by atoms with Gasteiger partial charge in [0, 0.05) is 30.6 Å². The Morgan fingerprint density at radius 1 is 1.26 bits per heavy atom. The first-order valence-corrected chi connectivity index (χ1v) is 9.70. The van der Waals surface area contributed by atoms with E-state index < -0.39 is 0 Å². The second-order valence-electron chi connectivity index (χ2n) is 8.24. The molecule has 1 aliphatic heterocycles. The second kappa shape index (κ2) is 8.21. The van der Waals surface area contributed by atoms with Crippen molar-refractivity contribution in [3.63, 3.8) is 0 Å². The third-order valence-electron chi connectivity index (χ3n) is 5.00. The summed E-state index contributed by atoms with van der Waals surface area (Å²) in [5.41, 5.74) is 0.816. The zero-order valence-corrected chi connectivity index (χ0v) is 16.7. The number of nitrogens with one attached hydrogen (secondary N) is 1. The number of piperidine rings is 1. The highest BCUT2D eigenvalue weighted by atomic mass is 16.5. The average molecular weight is 374 g/mol. The number of aromatic nitrogens is 4. The highest BCUT2D eigenvalue weighted by molar-refractivity contribution is 5.18. The number of hydrogen-bond acceptors (Lipinski definition) is 7. The first-order chi connectivity index (χ1) is 12.8. The Balaban J connectivity index is 1.62. The van der Waals surface area contributed by atoms with Gasteiger partial charge in [0.05, 0.1) is 12.2 Å². The maximum Gasteiger partial charge on any atom is 0.321 e. The van der Waals surface area contributed by atoms with Gasteiger partial charge in [0.15, 0.2) is 5.82 Å². The molecule has 1 N–H and O–H groups in total. The fraction of sp³-hybridized carbons (Fsp3) is 0.684. The molecule has 0 bridgehead atoms. The van der Waals surface area contributed by atoms with Crippen molar-refractivity contribution in [3.05, 3.63) is 34.0 Å². The van der Waals surface area contributed by atoms with Gasteiger partial charge in [-0.05, 0) is 32.4 Å². The normalized spacial score (nSPS) is 18.6. The van der Waals surface area contributed by atoms with E-state index in [0.717, 1.165) is 31.7 Å². The fourth-order valence-electron chi connectivity index (χ4n) is 3.39. The van der Waals surface area contributed by atoms with Gasteiger partial charge in [0.2, 0.25) is 0 Å². The highest BCUT2D eigenvalue weighted by Gasteiger charge is 2.23. The molecule has 1 aliphatic rings. The predicted octanol–water partition coefficient (Wildman–Crippen LogP) is 2.20. The zero-order valence-electron chi connectivity index (χ0n) is 16.7. The lowest BCUT2D eigenvalue weighted by Crippen LogP contribution is -2.45. The number of rotatable bonds is 6. The number of aryl methyl sites for hydroxylation is 1. The number of nitrogens with zero attached hydrogens (tertiary/aromatic N) is 5. The topological polar surface area (TPSA) is 89.1 Å². The van der Waals surface area contributed by atoms with Gasteiger partial charge in [-0.15, -0.1) is 0 Å². The number of anilines is 1. The Kier molecular flexibility index (Phi) is 5.94. The lowest BCUT2D eigenvalue weighted by molar-refractivity contribution is 0.147. The summed E-state index contributed by atoms with van der Waals surface area (Å²) in [5, 5.41) is 11.6. The molecular weight excluding hydrogens is 344 g/mol. The van der Waals surface area contributed by atoms with Gasteiger partial charge in [0.25, 0.3) is 5.56 Å². The van der Waals surface area contributed by atoms with E-state index in [1.54, 1.807) is 17.7 Å². The first kappa shape index (κ1) is 19.5. The summed E-state index contributed by atoms with van der Waals surface area (Å²) >= 11 is 0. The van der Waals surface area contributed by atoms with Crippen LogP contribution in [0, 0.1) is 6.92 Å². The molecule has 1 fully saturated rings. The molecule has 0 aliphatic carbocycles. The maximum atomic E-state index is 12.2. The first-order valence-electron chi connectivity index (χ1n) is 9.70. The van der Waals surface area contributed by atoms with Crippen LogP contribution >= 0.6 is 0 Å². The summed E-state index contributed by atoms with van der Waals surface area (Å²) in [6.07, 6.45) is 3.51. The fourth-order valence-corrected chi connectivity index (χ4v) is 3.39. The molecule has 1 unspecified atom stereocenters. The molecule has 0 saturated carbocycles. The van der Waals surface area contributed by atoms with E-state index >= 15 is 0 Å². The third kappa shape index (κ3) is 5.15. The van der Waals surface area contributed by atoms with Crippen molar-refractivity contribution in [1.29, 1.82) is 0 Å². The molecule has 0 radical (unpaired) electrons. The van der Waals surface area contributed by atoms with Crippen molar-refractivity contribution in [2.75, 3.05) is 25.0 Å². The molecule has 8 nitrogen and oxygen atoms in total. The third-order valence-corrected chi connectivity index (χ3v) is 5.00. The number of hydrogen-bond donors (Lipinski definition) is 1. The van der Waals surface area contributed by atoms with Crippen molar-refractivity contribution < 1.29 is 4.52 Å². The smallest absolute Gasteiger partial charge is 0.321 e. The Bertz CT molecular complexity index is 807. The van der Waals surface area contributed by atoms with Crippen LogP contribution in [0.15, 0.2) is 21.5 Å². The molecule has 3 heterocycles. The maximum absolute atomic E-state index is 12.2. The summed E-state index contributed by atoms with van der Waals surface area (Å²) in [6.45, 7) is 11.3. The standard InChI is InChI=1S/C19H30N6O2/c1-14-21-18(27-23-14)20-13-15-7-5-6-10-24(15)11-12-25-17(26)9-8-16(22-25)19(2,3)4/h8-9,15H,5-7,10-13H2,1-4H3,(H,20,21,23). The van der Waals surface area contributed by atoms with Crippen molar-refractivity contribution in [2.24, 2.45) is 0 Å². The van der Waals surface area contributed by atoms with Crippen molar-refractivity contribution in [1.82, 2.24) is 24.8 Å². The molecule has 27 heavy (non-hydrogen) atoms. The van der Waals surface area contributed by atoms with Gasteiger partial charge in [-0.1, -0.05) is 32.3 Å². The van der Waals surface area contributed by atoms with Crippen LogP contribution in [-0.4, -0.2) is 50.5 Å². The molecule has 2 aromatic heterocycles. The van der Waals surface area contributed by atoms with Gasteiger partial charge >= 0.3 is 6.01 Å². The van der Waals surface area contributed by atoms with Crippen LogP contribution in [-0.2, 0) is 12.0 Å². The second-order valence-corrected chi connectivity index (χ2v) is 8.24. The zero-order chi connectivity index (χ0) is 19.4. The average Bonchev–Trinajstić information content (AvgIpc) is 3.04. The van der Waals surface area contributed by atoms with Crippen LogP contribution in [0.1, 0.15) is 51.6 Å². The largest absolute Gasteiger partial charge is 0.336 e. The van der Waals surface area contributed by atoms with E-state index in [4.69, 9.17) is 4.52 Å². The molecule has 148 valence electrons. The predicted molar refractivity (Wildman–Crippen MR) is 104 cm³/mol. The summed E-state index contributed by atoms with van der Waals surface area (Å²) < 4.78 is 6.73. The molecule has 8 heteroatoms. The van der Waals surface area contributed by atoms with Crippen LogP contribution in [0.5, 0.6) is 0 Å².